The molecule has 1 rings (SSSR count). The molecule has 19 heavy (non-hydrogen) atoms. The van der Waals surface area contributed by atoms with Crippen molar-refractivity contribution in [2.75, 3.05) is 0 Å². The molecular formula is C14H20F2N2O. The molecule has 1 aromatic carbocycles. The van der Waals surface area contributed by atoms with Gasteiger partial charge in [-0.2, -0.15) is 0 Å². The molecule has 0 aliphatic rings. The molecule has 0 spiro atoms. The molecule has 3 N–H and O–H groups in total. The molecule has 0 heterocycles. The maximum atomic E-state index is 13.5. The fourth-order valence-electron chi connectivity index (χ4n) is 1.75. The van der Waals surface area contributed by atoms with Crippen molar-refractivity contribution in [3.05, 3.63) is 35.4 Å². The van der Waals surface area contributed by atoms with Gasteiger partial charge in [0.15, 0.2) is 0 Å². The van der Waals surface area contributed by atoms with Crippen molar-refractivity contribution < 1.29 is 13.6 Å². The van der Waals surface area contributed by atoms with E-state index in [0.717, 1.165) is 0 Å². The molecule has 2 atom stereocenters. The van der Waals surface area contributed by atoms with Crippen LogP contribution in [0.15, 0.2) is 18.2 Å². The minimum absolute atomic E-state index is 0.131. The van der Waals surface area contributed by atoms with Gasteiger partial charge < -0.3 is 11.1 Å². The summed E-state index contributed by atoms with van der Waals surface area (Å²) in [6.07, 6.45) is 0.137. The van der Waals surface area contributed by atoms with E-state index in [9.17, 15) is 13.6 Å². The number of rotatable bonds is 5. The average Bonchev–Trinajstić information content (AvgIpc) is 2.27. The van der Waals surface area contributed by atoms with Crippen LogP contribution in [0.3, 0.4) is 0 Å². The highest BCUT2D eigenvalue weighted by atomic mass is 19.1. The topological polar surface area (TPSA) is 55.1 Å². The maximum absolute atomic E-state index is 13.5. The molecule has 0 aliphatic carbocycles. The fraction of sp³-hybridized carbons (Fsp3) is 0.500. The molecule has 1 aromatic rings. The zero-order valence-corrected chi connectivity index (χ0v) is 11.4. The van der Waals surface area contributed by atoms with E-state index >= 15 is 0 Å². The van der Waals surface area contributed by atoms with E-state index in [1.165, 1.54) is 18.2 Å². The molecule has 0 fully saturated rings. The van der Waals surface area contributed by atoms with Gasteiger partial charge >= 0.3 is 0 Å². The number of carbonyl (C=O) groups excluding carboxylic acids is 1. The van der Waals surface area contributed by atoms with Crippen LogP contribution in [-0.4, -0.2) is 11.9 Å². The lowest BCUT2D eigenvalue weighted by Gasteiger charge is -2.19. The van der Waals surface area contributed by atoms with Gasteiger partial charge in [-0.1, -0.05) is 19.9 Å². The van der Waals surface area contributed by atoms with Gasteiger partial charge in [0.05, 0.1) is 6.04 Å². The summed E-state index contributed by atoms with van der Waals surface area (Å²) >= 11 is 0. The lowest BCUT2D eigenvalue weighted by molar-refractivity contribution is -0.122. The van der Waals surface area contributed by atoms with Gasteiger partial charge in [0, 0.05) is 18.0 Å². The molecule has 0 radical (unpaired) electrons. The number of nitrogens with one attached hydrogen (secondary N) is 1. The second kappa shape index (κ2) is 6.61. The van der Waals surface area contributed by atoms with Crippen LogP contribution in [0.2, 0.25) is 0 Å². The van der Waals surface area contributed by atoms with E-state index in [-0.39, 0.29) is 29.9 Å². The first-order valence-electron chi connectivity index (χ1n) is 6.31. The van der Waals surface area contributed by atoms with E-state index in [4.69, 9.17) is 5.73 Å². The second-order valence-corrected chi connectivity index (χ2v) is 5.04. The van der Waals surface area contributed by atoms with Gasteiger partial charge in [-0.3, -0.25) is 4.79 Å². The average molecular weight is 270 g/mol. The van der Waals surface area contributed by atoms with E-state index < -0.39 is 17.7 Å². The molecule has 2 unspecified atom stereocenters. The smallest absolute Gasteiger partial charge is 0.222 e. The number of benzene rings is 1. The summed E-state index contributed by atoms with van der Waals surface area (Å²) in [6, 6.07) is 2.63. The van der Waals surface area contributed by atoms with Gasteiger partial charge in [0.25, 0.3) is 0 Å². The van der Waals surface area contributed by atoms with E-state index in [0.29, 0.717) is 0 Å². The molecule has 0 saturated heterocycles. The summed E-state index contributed by atoms with van der Waals surface area (Å²) in [7, 11) is 0. The van der Waals surface area contributed by atoms with Crippen molar-refractivity contribution in [2.24, 2.45) is 11.7 Å². The molecule has 0 bridgehead atoms. The van der Waals surface area contributed by atoms with Crippen LogP contribution < -0.4 is 11.1 Å². The summed E-state index contributed by atoms with van der Waals surface area (Å²) < 4.78 is 27.1. The minimum atomic E-state index is -0.729. The van der Waals surface area contributed by atoms with Crippen molar-refractivity contribution in [2.45, 2.75) is 39.3 Å². The fourth-order valence-corrected chi connectivity index (χ4v) is 1.75. The van der Waals surface area contributed by atoms with Crippen LogP contribution in [-0.2, 0) is 4.79 Å². The number of hydrogen-bond donors (Lipinski definition) is 2. The summed E-state index contributed by atoms with van der Waals surface area (Å²) in [4.78, 5) is 11.7. The van der Waals surface area contributed by atoms with Crippen LogP contribution in [0, 0.1) is 17.6 Å². The quantitative estimate of drug-likeness (QED) is 0.863. The zero-order valence-electron chi connectivity index (χ0n) is 11.4. The Labute approximate surface area is 112 Å². The zero-order chi connectivity index (χ0) is 14.6. The third kappa shape index (κ3) is 4.28. The molecule has 1 amide bonds. The molecule has 0 aliphatic heterocycles. The van der Waals surface area contributed by atoms with Crippen molar-refractivity contribution in [3.8, 4) is 0 Å². The van der Waals surface area contributed by atoms with Gasteiger partial charge in [0.2, 0.25) is 5.91 Å². The highest BCUT2D eigenvalue weighted by Crippen LogP contribution is 2.20. The lowest BCUT2D eigenvalue weighted by atomic mass is 10.0. The predicted molar refractivity (Wildman–Crippen MR) is 70.3 cm³/mol. The van der Waals surface area contributed by atoms with Crippen LogP contribution in [0.25, 0.3) is 0 Å². The van der Waals surface area contributed by atoms with E-state index in [1.54, 1.807) is 6.92 Å². The van der Waals surface area contributed by atoms with Gasteiger partial charge in [-0.15, -0.1) is 0 Å². The largest absolute Gasteiger partial charge is 0.349 e. The number of carbonyl (C=O) groups is 1. The third-order valence-corrected chi connectivity index (χ3v) is 3.09. The lowest BCUT2D eigenvalue weighted by Crippen LogP contribution is -2.36. The first-order chi connectivity index (χ1) is 8.82. The second-order valence-electron chi connectivity index (χ2n) is 5.04. The Hall–Kier alpha value is -1.49. The first-order valence-corrected chi connectivity index (χ1v) is 6.31. The standard InChI is InChI=1S/C14H20F2N2O/c1-8(2)12(17)7-13(19)18-9(3)14-10(15)5-4-6-11(14)16/h4-6,8-9,12H,7,17H2,1-3H3,(H,18,19). The Morgan fingerprint density at radius 1 is 1.26 bits per heavy atom. The molecular weight excluding hydrogens is 250 g/mol. The van der Waals surface area contributed by atoms with Crippen molar-refractivity contribution >= 4 is 5.91 Å². The molecule has 3 nitrogen and oxygen atoms in total. The molecule has 5 heteroatoms. The Morgan fingerprint density at radius 3 is 2.26 bits per heavy atom. The third-order valence-electron chi connectivity index (χ3n) is 3.09. The van der Waals surface area contributed by atoms with Crippen LogP contribution in [0.5, 0.6) is 0 Å². The number of nitrogens with two attached hydrogens (primary N) is 1. The highest BCUT2D eigenvalue weighted by molar-refractivity contribution is 5.77. The molecule has 0 aromatic heterocycles. The summed E-state index contributed by atoms with van der Waals surface area (Å²) in [5.41, 5.74) is 5.65. The van der Waals surface area contributed by atoms with Crippen molar-refractivity contribution in [1.82, 2.24) is 5.32 Å². The van der Waals surface area contributed by atoms with Gasteiger partial charge in [0.1, 0.15) is 11.6 Å². The van der Waals surface area contributed by atoms with Gasteiger partial charge in [-0.05, 0) is 25.0 Å². The number of hydrogen-bond acceptors (Lipinski definition) is 2. The summed E-state index contributed by atoms with van der Waals surface area (Å²) in [5, 5.41) is 2.56. The number of amides is 1. The molecule has 0 saturated carbocycles. The Balaban J connectivity index is 2.69. The van der Waals surface area contributed by atoms with Gasteiger partial charge in [-0.25, -0.2) is 8.78 Å². The van der Waals surface area contributed by atoms with Crippen molar-refractivity contribution in [3.63, 3.8) is 0 Å². The van der Waals surface area contributed by atoms with E-state index in [2.05, 4.69) is 5.32 Å². The summed E-state index contributed by atoms with van der Waals surface area (Å²) in [5.74, 6) is -1.47. The normalized spacial score (nSPS) is 14.3. The van der Waals surface area contributed by atoms with Crippen LogP contribution in [0.1, 0.15) is 38.8 Å². The number of halogens is 2. The summed E-state index contributed by atoms with van der Waals surface area (Å²) in [6.45, 7) is 5.37. The SMILES string of the molecule is CC(NC(=O)CC(N)C(C)C)c1c(F)cccc1F. The first kappa shape index (κ1) is 15.6. The Bertz CT molecular complexity index is 429. The highest BCUT2D eigenvalue weighted by Gasteiger charge is 2.19. The van der Waals surface area contributed by atoms with Crippen molar-refractivity contribution in [1.29, 1.82) is 0 Å². The predicted octanol–water partition coefficient (Wildman–Crippen LogP) is 2.52. The maximum Gasteiger partial charge on any atom is 0.222 e. The Morgan fingerprint density at radius 2 is 1.79 bits per heavy atom. The molecule has 106 valence electrons. The minimum Gasteiger partial charge on any atom is -0.349 e. The van der Waals surface area contributed by atoms with Crippen LogP contribution >= 0.6 is 0 Å². The monoisotopic (exact) mass is 270 g/mol. The Kier molecular flexibility index (Phi) is 5.42. The van der Waals surface area contributed by atoms with E-state index in [1.807, 2.05) is 13.8 Å². The van der Waals surface area contributed by atoms with Crippen LogP contribution in [0.4, 0.5) is 8.78 Å².